The Hall–Kier alpha value is -3.25. The molecule has 1 aliphatic rings. The number of halogens is 3. The molecular formula is C23H24F3N5O3S. The number of benzene rings is 2. The predicted octanol–water partition coefficient (Wildman–Crippen LogP) is 4.25. The zero-order chi connectivity index (χ0) is 25.0. The minimum Gasteiger partial charge on any atom is -0.497 e. The Morgan fingerprint density at radius 2 is 1.83 bits per heavy atom. The van der Waals surface area contributed by atoms with Gasteiger partial charge in [0.2, 0.25) is 11.8 Å². The molecule has 2 aromatic carbocycles. The molecule has 0 atom stereocenters. The lowest BCUT2D eigenvalue weighted by molar-refractivity contribution is -0.137. The number of nitrogens with zero attached hydrogens (tertiary/aromatic N) is 4. The molecule has 35 heavy (non-hydrogen) atoms. The third-order valence-electron chi connectivity index (χ3n) is 5.51. The second-order valence-corrected chi connectivity index (χ2v) is 8.89. The topological polar surface area (TPSA) is 83.7 Å². The maximum absolute atomic E-state index is 13.3. The highest BCUT2D eigenvalue weighted by atomic mass is 32.2. The number of alkyl halides is 3. The van der Waals surface area contributed by atoms with E-state index in [1.54, 1.807) is 31.4 Å². The van der Waals surface area contributed by atoms with Crippen LogP contribution < -0.4 is 15.0 Å². The van der Waals surface area contributed by atoms with E-state index in [4.69, 9.17) is 9.15 Å². The van der Waals surface area contributed by atoms with Crippen molar-refractivity contribution in [2.75, 3.05) is 56.3 Å². The Kier molecular flexibility index (Phi) is 7.51. The maximum Gasteiger partial charge on any atom is 0.416 e. The summed E-state index contributed by atoms with van der Waals surface area (Å²) >= 11 is 1.00. The van der Waals surface area contributed by atoms with Crippen molar-refractivity contribution < 1.29 is 27.1 Å². The van der Waals surface area contributed by atoms with Crippen LogP contribution in [-0.4, -0.2) is 67.1 Å². The number of aromatic nitrogens is 2. The Bertz CT molecular complexity index is 1160. The molecule has 8 nitrogen and oxygen atoms in total. The summed E-state index contributed by atoms with van der Waals surface area (Å²) in [6.07, 6.45) is -4.52. The SMILES string of the molecule is COc1ccc(-c2nnc(SCC(=O)Nc3cc(C(F)(F)F)ccc3N3CCN(C)CC3)o2)cc1. The molecular weight excluding hydrogens is 483 g/mol. The van der Waals surface area contributed by atoms with Gasteiger partial charge in [-0.15, -0.1) is 10.2 Å². The number of amides is 1. The molecule has 1 aliphatic heterocycles. The molecule has 1 saturated heterocycles. The standard InChI is InChI=1S/C23H24F3N5O3S/c1-30-9-11-31(12-10-30)19-8-5-16(23(24,25)26)13-18(19)27-20(32)14-35-22-29-28-21(34-22)15-3-6-17(33-2)7-4-15/h3-8,13H,9-12,14H2,1-2H3,(H,27,32). The molecule has 0 unspecified atom stereocenters. The summed E-state index contributed by atoms with van der Waals surface area (Å²) in [7, 11) is 3.55. The molecule has 3 aromatic rings. The van der Waals surface area contributed by atoms with Gasteiger partial charge in [0, 0.05) is 31.7 Å². The number of rotatable bonds is 7. The zero-order valence-electron chi connectivity index (χ0n) is 19.1. The quantitative estimate of drug-likeness (QED) is 0.476. The van der Waals surface area contributed by atoms with Crippen molar-refractivity contribution in [2.24, 2.45) is 0 Å². The number of piperazine rings is 1. The molecule has 12 heteroatoms. The number of hydrogen-bond acceptors (Lipinski definition) is 8. The zero-order valence-corrected chi connectivity index (χ0v) is 19.9. The fourth-order valence-electron chi connectivity index (χ4n) is 3.57. The molecule has 2 heterocycles. The maximum atomic E-state index is 13.3. The predicted molar refractivity (Wildman–Crippen MR) is 127 cm³/mol. The summed E-state index contributed by atoms with van der Waals surface area (Å²) < 4.78 is 50.7. The van der Waals surface area contributed by atoms with Gasteiger partial charge in [-0.25, -0.2) is 0 Å². The molecule has 0 saturated carbocycles. The van der Waals surface area contributed by atoms with Crippen molar-refractivity contribution in [3.63, 3.8) is 0 Å². The van der Waals surface area contributed by atoms with E-state index in [2.05, 4.69) is 20.4 Å². The summed E-state index contributed by atoms with van der Waals surface area (Å²) in [6, 6.07) is 10.5. The average Bonchev–Trinajstić information content (AvgIpc) is 3.32. The van der Waals surface area contributed by atoms with Gasteiger partial charge < -0.3 is 24.3 Å². The first-order chi connectivity index (χ1) is 16.7. The van der Waals surface area contributed by atoms with E-state index in [1.807, 2.05) is 11.9 Å². The van der Waals surface area contributed by atoms with Crippen LogP contribution in [-0.2, 0) is 11.0 Å². The first-order valence-electron chi connectivity index (χ1n) is 10.8. The molecule has 0 spiro atoms. The van der Waals surface area contributed by atoms with Crippen LogP contribution in [0.5, 0.6) is 5.75 Å². The molecule has 1 fully saturated rings. The molecule has 1 amide bonds. The molecule has 1 N–H and O–H groups in total. The van der Waals surface area contributed by atoms with Crippen molar-refractivity contribution in [2.45, 2.75) is 11.4 Å². The number of anilines is 2. The van der Waals surface area contributed by atoms with Crippen LogP contribution in [0.15, 0.2) is 52.1 Å². The lowest BCUT2D eigenvalue weighted by Crippen LogP contribution is -2.44. The fourth-order valence-corrected chi connectivity index (χ4v) is 4.13. The van der Waals surface area contributed by atoms with E-state index in [9.17, 15) is 18.0 Å². The summed E-state index contributed by atoms with van der Waals surface area (Å²) in [5.41, 5.74) is 0.554. The fraction of sp³-hybridized carbons (Fsp3) is 0.348. The molecule has 0 radical (unpaired) electrons. The lowest BCUT2D eigenvalue weighted by Gasteiger charge is -2.35. The van der Waals surface area contributed by atoms with Gasteiger partial charge in [0.25, 0.3) is 5.22 Å². The largest absolute Gasteiger partial charge is 0.497 e. The first-order valence-corrected chi connectivity index (χ1v) is 11.8. The molecule has 186 valence electrons. The van der Waals surface area contributed by atoms with Crippen molar-refractivity contribution in [1.29, 1.82) is 0 Å². The average molecular weight is 508 g/mol. The van der Waals surface area contributed by atoms with E-state index in [1.165, 1.54) is 6.07 Å². The van der Waals surface area contributed by atoms with Gasteiger partial charge in [-0.3, -0.25) is 4.79 Å². The van der Waals surface area contributed by atoms with Gasteiger partial charge in [-0.05, 0) is 49.5 Å². The second kappa shape index (κ2) is 10.6. The molecule has 0 aliphatic carbocycles. The summed E-state index contributed by atoms with van der Waals surface area (Å²) in [5.74, 6) is 0.382. The van der Waals surface area contributed by atoms with E-state index in [-0.39, 0.29) is 22.6 Å². The highest BCUT2D eigenvalue weighted by molar-refractivity contribution is 7.99. The number of hydrogen-bond donors (Lipinski definition) is 1. The monoisotopic (exact) mass is 507 g/mol. The molecule has 0 bridgehead atoms. The van der Waals surface area contributed by atoms with Gasteiger partial charge in [0.15, 0.2) is 0 Å². The van der Waals surface area contributed by atoms with E-state index < -0.39 is 17.6 Å². The van der Waals surface area contributed by atoms with Crippen molar-refractivity contribution in [3.05, 3.63) is 48.0 Å². The highest BCUT2D eigenvalue weighted by Crippen LogP contribution is 2.36. The smallest absolute Gasteiger partial charge is 0.416 e. The number of ether oxygens (including phenoxy) is 1. The van der Waals surface area contributed by atoms with Gasteiger partial charge in [-0.2, -0.15) is 13.2 Å². The summed E-state index contributed by atoms with van der Waals surface area (Å²) in [4.78, 5) is 16.8. The Balaban J connectivity index is 1.43. The van der Waals surface area contributed by atoms with E-state index >= 15 is 0 Å². The van der Waals surface area contributed by atoms with E-state index in [0.717, 1.165) is 37.0 Å². The minimum atomic E-state index is -4.52. The van der Waals surface area contributed by atoms with Crippen LogP contribution >= 0.6 is 11.8 Å². The lowest BCUT2D eigenvalue weighted by atomic mass is 10.1. The Morgan fingerprint density at radius 1 is 1.11 bits per heavy atom. The first kappa shape index (κ1) is 24.9. The molecule has 4 rings (SSSR count). The van der Waals surface area contributed by atoms with Gasteiger partial charge in [0.05, 0.1) is 29.8 Å². The van der Waals surface area contributed by atoms with Crippen LogP contribution in [0.25, 0.3) is 11.5 Å². The van der Waals surface area contributed by atoms with Crippen molar-refractivity contribution >= 4 is 29.0 Å². The minimum absolute atomic E-state index is 0.108. The van der Waals surface area contributed by atoms with Gasteiger partial charge in [-0.1, -0.05) is 11.8 Å². The third-order valence-corrected chi connectivity index (χ3v) is 6.33. The van der Waals surface area contributed by atoms with Crippen LogP contribution in [0.3, 0.4) is 0 Å². The second-order valence-electron chi connectivity index (χ2n) is 7.96. The van der Waals surface area contributed by atoms with Crippen molar-refractivity contribution in [3.8, 4) is 17.2 Å². The number of methoxy groups -OCH3 is 1. The Morgan fingerprint density at radius 3 is 2.49 bits per heavy atom. The van der Waals surface area contributed by atoms with Gasteiger partial charge in [0.1, 0.15) is 5.75 Å². The highest BCUT2D eigenvalue weighted by Gasteiger charge is 2.32. The van der Waals surface area contributed by atoms with Crippen LogP contribution in [0.1, 0.15) is 5.56 Å². The molecule has 1 aromatic heterocycles. The van der Waals surface area contributed by atoms with Crippen LogP contribution in [0.4, 0.5) is 24.5 Å². The Labute approximate surface area is 204 Å². The summed E-state index contributed by atoms with van der Waals surface area (Å²) in [5, 5.41) is 10.7. The van der Waals surface area contributed by atoms with Gasteiger partial charge >= 0.3 is 6.18 Å². The third kappa shape index (κ3) is 6.25. The number of carbonyl (C=O) groups excluding carboxylic acids is 1. The number of carbonyl (C=O) groups is 1. The number of thioether (sulfide) groups is 1. The number of nitrogens with one attached hydrogen (secondary N) is 1. The van der Waals surface area contributed by atoms with Crippen molar-refractivity contribution in [1.82, 2.24) is 15.1 Å². The van der Waals surface area contributed by atoms with Crippen LogP contribution in [0, 0.1) is 0 Å². The van der Waals surface area contributed by atoms with E-state index in [0.29, 0.717) is 30.1 Å². The normalized spacial score (nSPS) is 14.7. The summed E-state index contributed by atoms with van der Waals surface area (Å²) in [6.45, 7) is 2.85. The van der Waals surface area contributed by atoms with Crippen LogP contribution in [0.2, 0.25) is 0 Å². The number of likely N-dealkylation sites (N-methyl/N-ethyl adjacent to an activating group) is 1.